The van der Waals surface area contributed by atoms with E-state index in [-0.39, 0.29) is 6.54 Å². The average molecular weight is 264 g/mol. The summed E-state index contributed by atoms with van der Waals surface area (Å²) in [5.74, 6) is -2.23. The molecule has 2 N–H and O–H groups in total. The molecule has 1 aromatic heterocycles. The highest BCUT2D eigenvalue weighted by Crippen LogP contribution is 2.11. The molecule has 0 unspecified atom stereocenters. The summed E-state index contributed by atoms with van der Waals surface area (Å²) >= 11 is 0. The van der Waals surface area contributed by atoms with Gasteiger partial charge in [0.25, 0.3) is 5.56 Å². The van der Waals surface area contributed by atoms with Crippen LogP contribution in [-0.2, 0) is 6.54 Å². The Hall–Kier alpha value is -2.70. The molecular weight excluding hydrogens is 255 g/mol. The molecule has 0 atom stereocenters. The van der Waals surface area contributed by atoms with Gasteiger partial charge in [0.1, 0.15) is 5.82 Å². The number of rotatable bonds is 3. The van der Waals surface area contributed by atoms with E-state index in [4.69, 9.17) is 5.11 Å². The van der Waals surface area contributed by atoms with E-state index < -0.39 is 28.6 Å². The zero-order chi connectivity index (χ0) is 14.0. The van der Waals surface area contributed by atoms with Crippen molar-refractivity contribution < 1.29 is 14.3 Å². The molecule has 0 aliphatic heterocycles. The van der Waals surface area contributed by atoms with E-state index in [0.29, 0.717) is 5.56 Å². The molecule has 0 amide bonds. The summed E-state index contributed by atoms with van der Waals surface area (Å²) in [6.07, 6.45) is 1.28. The summed E-state index contributed by atoms with van der Waals surface area (Å²) in [6.45, 7) is 0.0342. The van der Waals surface area contributed by atoms with Crippen LogP contribution in [0, 0.1) is 5.82 Å². The number of nitrogens with one attached hydrogen (secondary N) is 1. The Morgan fingerprint density at radius 2 is 2.05 bits per heavy atom. The first kappa shape index (κ1) is 12.7. The second kappa shape index (κ2) is 4.89. The predicted octanol–water partition coefficient (Wildman–Crippen LogP) is 0.422. The van der Waals surface area contributed by atoms with Gasteiger partial charge in [-0.2, -0.15) is 0 Å². The smallest absolute Gasteiger partial charge is 0.338 e. The number of aromatic amines is 1. The van der Waals surface area contributed by atoms with Gasteiger partial charge in [-0.05, 0) is 17.7 Å². The SMILES string of the molecule is O=C(O)c1ccc(Cn2ccc(=O)[nH]c2=O)cc1F. The van der Waals surface area contributed by atoms with Gasteiger partial charge in [-0.1, -0.05) is 6.07 Å². The van der Waals surface area contributed by atoms with E-state index in [0.717, 1.165) is 12.1 Å². The maximum Gasteiger partial charge on any atom is 0.338 e. The minimum atomic E-state index is -1.36. The van der Waals surface area contributed by atoms with Gasteiger partial charge in [0, 0.05) is 12.3 Å². The van der Waals surface area contributed by atoms with Gasteiger partial charge in [-0.15, -0.1) is 0 Å². The van der Waals surface area contributed by atoms with Crippen molar-refractivity contribution in [2.45, 2.75) is 6.54 Å². The maximum absolute atomic E-state index is 13.4. The molecule has 1 aromatic carbocycles. The second-order valence-electron chi connectivity index (χ2n) is 3.86. The molecule has 0 radical (unpaired) electrons. The van der Waals surface area contributed by atoms with Crippen LogP contribution in [0.2, 0.25) is 0 Å². The van der Waals surface area contributed by atoms with Crippen molar-refractivity contribution in [1.29, 1.82) is 0 Å². The fourth-order valence-electron chi connectivity index (χ4n) is 1.60. The first-order valence-corrected chi connectivity index (χ1v) is 5.29. The lowest BCUT2D eigenvalue weighted by Gasteiger charge is -2.06. The Labute approximate surface area is 105 Å². The van der Waals surface area contributed by atoms with E-state index >= 15 is 0 Å². The fraction of sp³-hybridized carbons (Fsp3) is 0.0833. The van der Waals surface area contributed by atoms with Crippen molar-refractivity contribution >= 4 is 5.97 Å². The quantitative estimate of drug-likeness (QED) is 0.840. The minimum absolute atomic E-state index is 0.0342. The Bertz CT molecular complexity index is 748. The number of carboxylic acid groups (broad SMARTS) is 1. The Morgan fingerprint density at radius 1 is 1.32 bits per heavy atom. The van der Waals surface area contributed by atoms with Gasteiger partial charge in [0.2, 0.25) is 0 Å². The van der Waals surface area contributed by atoms with E-state index in [1.165, 1.54) is 22.9 Å². The summed E-state index contributed by atoms with van der Waals surface area (Å²) in [4.78, 5) is 35.0. The first-order valence-electron chi connectivity index (χ1n) is 5.29. The Balaban J connectivity index is 2.34. The molecule has 98 valence electrons. The number of hydrogen-bond acceptors (Lipinski definition) is 3. The number of carboxylic acids is 1. The largest absolute Gasteiger partial charge is 0.478 e. The highest BCUT2D eigenvalue weighted by atomic mass is 19.1. The van der Waals surface area contributed by atoms with Crippen molar-refractivity contribution in [1.82, 2.24) is 9.55 Å². The van der Waals surface area contributed by atoms with Gasteiger partial charge >= 0.3 is 11.7 Å². The van der Waals surface area contributed by atoms with Crippen LogP contribution in [0.5, 0.6) is 0 Å². The molecule has 0 spiro atoms. The van der Waals surface area contributed by atoms with Crippen LogP contribution >= 0.6 is 0 Å². The van der Waals surface area contributed by atoms with Gasteiger partial charge in [-0.3, -0.25) is 14.3 Å². The van der Waals surface area contributed by atoms with Crippen LogP contribution in [0.1, 0.15) is 15.9 Å². The molecule has 1 heterocycles. The third kappa shape index (κ3) is 2.76. The molecule has 2 rings (SSSR count). The lowest BCUT2D eigenvalue weighted by molar-refractivity contribution is 0.0692. The van der Waals surface area contributed by atoms with Crippen molar-refractivity contribution in [3.05, 3.63) is 68.2 Å². The molecule has 0 aliphatic rings. The molecule has 19 heavy (non-hydrogen) atoms. The number of benzene rings is 1. The number of halogens is 1. The topological polar surface area (TPSA) is 92.2 Å². The number of hydrogen-bond donors (Lipinski definition) is 2. The predicted molar refractivity (Wildman–Crippen MR) is 63.8 cm³/mol. The molecule has 0 aliphatic carbocycles. The zero-order valence-corrected chi connectivity index (χ0v) is 9.59. The standard InChI is InChI=1S/C12H9FN2O4/c13-9-5-7(1-2-8(9)11(17)18)6-15-4-3-10(16)14-12(15)19/h1-5H,6H2,(H,17,18)(H,14,16,19). The molecule has 0 bridgehead atoms. The number of nitrogens with zero attached hydrogens (tertiary/aromatic N) is 1. The van der Waals surface area contributed by atoms with E-state index in [9.17, 15) is 18.8 Å². The maximum atomic E-state index is 13.4. The van der Waals surface area contributed by atoms with Crippen molar-refractivity contribution in [3.8, 4) is 0 Å². The first-order chi connectivity index (χ1) is 8.97. The van der Waals surface area contributed by atoms with Crippen LogP contribution in [-0.4, -0.2) is 20.6 Å². The summed E-state index contributed by atoms with van der Waals surface area (Å²) in [7, 11) is 0. The van der Waals surface area contributed by atoms with Crippen molar-refractivity contribution in [3.63, 3.8) is 0 Å². The highest BCUT2D eigenvalue weighted by molar-refractivity contribution is 5.87. The summed E-state index contributed by atoms with van der Waals surface area (Å²) in [5.41, 5.74) is -1.15. The van der Waals surface area contributed by atoms with Crippen LogP contribution in [0.15, 0.2) is 40.1 Å². The molecule has 2 aromatic rings. The molecule has 7 heteroatoms. The van der Waals surface area contributed by atoms with E-state index in [1.807, 2.05) is 0 Å². The highest BCUT2D eigenvalue weighted by Gasteiger charge is 2.10. The van der Waals surface area contributed by atoms with E-state index in [1.54, 1.807) is 0 Å². The summed E-state index contributed by atoms with van der Waals surface area (Å²) in [5, 5.41) is 8.69. The van der Waals surface area contributed by atoms with Gasteiger partial charge in [0.05, 0.1) is 12.1 Å². The van der Waals surface area contributed by atoms with Gasteiger partial charge in [-0.25, -0.2) is 14.0 Å². The fourth-order valence-corrected chi connectivity index (χ4v) is 1.60. The van der Waals surface area contributed by atoms with Crippen LogP contribution < -0.4 is 11.2 Å². The zero-order valence-electron chi connectivity index (χ0n) is 9.59. The molecule has 0 saturated carbocycles. The minimum Gasteiger partial charge on any atom is -0.478 e. The molecule has 0 saturated heterocycles. The van der Waals surface area contributed by atoms with Gasteiger partial charge in [0.15, 0.2) is 0 Å². The number of carbonyl (C=O) groups is 1. The summed E-state index contributed by atoms with van der Waals surface area (Å²) in [6, 6.07) is 4.75. The number of H-pyrrole nitrogens is 1. The Morgan fingerprint density at radius 3 is 2.63 bits per heavy atom. The lowest BCUT2D eigenvalue weighted by Crippen LogP contribution is -2.28. The number of aromatic carboxylic acids is 1. The van der Waals surface area contributed by atoms with Crippen LogP contribution in [0.25, 0.3) is 0 Å². The molecular formula is C12H9FN2O4. The monoisotopic (exact) mass is 264 g/mol. The van der Waals surface area contributed by atoms with Crippen molar-refractivity contribution in [2.24, 2.45) is 0 Å². The van der Waals surface area contributed by atoms with Crippen molar-refractivity contribution in [2.75, 3.05) is 0 Å². The number of aromatic nitrogens is 2. The second-order valence-corrected chi connectivity index (χ2v) is 3.86. The van der Waals surface area contributed by atoms with Crippen LogP contribution in [0.3, 0.4) is 0 Å². The molecule has 6 nitrogen and oxygen atoms in total. The Kier molecular flexibility index (Phi) is 3.28. The molecule has 0 fully saturated rings. The third-order valence-electron chi connectivity index (χ3n) is 2.51. The third-order valence-corrected chi connectivity index (χ3v) is 2.51. The average Bonchev–Trinajstić information content (AvgIpc) is 2.32. The van der Waals surface area contributed by atoms with E-state index in [2.05, 4.69) is 4.98 Å². The normalized spacial score (nSPS) is 10.4. The summed E-state index contributed by atoms with van der Waals surface area (Å²) < 4.78 is 14.6. The lowest BCUT2D eigenvalue weighted by atomic mass is 10.1. The van der Waals surface area contributed by atoms with Gasteiger partial charge < -0.3 is 5.11 Å². The van der Waals surface area contributed by atoms with Crippen LogP contribution in [0.4, 0.5) is 4.39 Å².